The normalized spacial score (nSPS) is 14.6. The highest BCUT2D eigenvalue weighted by molar-refractivity contribution is 7.89. The van der Waals surface area contributed by atoms with Gasteiger partial charge in [-0.1, -0.05) is 0 Å². The van der Waals surface area contributed by atoms with Crippen molar-refractivity contribution in [1.29, 1.82) is 0 Å². The molecule has 1 aliphatic carbocycles. The van der Waals surface area contributed by atoms with E-state index in [1.165, 1.54) is 23.7 Å². The highest BCUT2D eigenvalue weighted by Crippen LogP contribution is 2.37. The smallest absolute Gasteiger partial charge is 0.339 e. The number of methoxy groups -OCH3 is 1. The van der Waals surface area contributed by atoms with Gasteiger partial charge in [-0.25, -0.2) is 13.2 Å². The van der Waals surface area contributed by atoms with Crippen LogP contribution >= 0.6 is 0 Å². The van der Waals surface area contributed by atoms with Crippen molar-refractivity contribution >= 4 is 16.0 Å². The quantitative estimate of drug-likeness (QED) is 0.794. The fraction of sp³-hybridized carbons (Fsp3) is 0.389. The minimum absolute atomic E-state index is 0.0194. The third-order valence-electron chi connectivity index (χ3n) is 4.47. The Morgan fingerprint density at radius 1 is 1.31 bits per heavy atom. The second-order valence-electron chi connectivity index (χ2n) is 6.43. The number of aryl methyl sites for hydroxylation is 2. The van der Waals surface area contributed by atoms with Crippen LogP contribution in [0.1, 0.15) is 40.1 Å². The van der Waals surface area contributed by atoms with Gasteiger partial charge in [-0.15, -0.1) is 0 Å². The van der Waals surface area contributed by atoms with Gasteiger partial charge in [0.1, 0.15) is 17.1 Å². The van der Waals surface area contributed by atoms with E-state index in [4.69, 9.17) is 9.15 Å². The van der Waals surface area contributed by atoms with Gasteiger partial charge in [-0.05, 0) is 56.0 Å². The second kappa shape index (κ2) is 6.77. The van der Waals surface area contributed by atoms with Crippen LogP contribution < -0.4 is 4.74 Å². The molecule has 1 aliphatic rings. The molecule has 0 amide bonds. The van der Waals surface area contributed by atoms with Crippen LogP contribution in [0, 0.1) is 13.8 Å². The Morgan fingerprint density at radius 2 is 1.92 bits per heavy atom. The summed E-state index contributed by atoms with van der Waals surface area (Å²) in [5.74, 6) is -0.411. The van der Waals surface area contributed by atoms with Crippen molar-refractivity contribution in [3.8, 4) is 5.75 Å². The van der Waals surface area contributed by atoms with Crippen molar-refractivity contribution in [3.05, 3.63) is 46.9 Å². The number of carbonyl (C=O) groups is 1. The van der Waals surface area contributed by atoms with Crippen LogP contribution in [0.25, 0.3) is 0 Å². The molecule has 0 spiro atoms. The summed E-state index contributed by atoms with van der Waals surface area (Å²) in [6, 6.07) is 4.55. The van der Waals surface area contributed by atoms with Gasteiger partial charge < -0.3 is 14.3 Å². The third-order valence-corrected chi connectivity index (χ3v) is 6.67. The average Bonchev–Trinajstić information content (AvgIpc) is 3.28. The first-order chi connectivity index (χ1) is 12.3. The van der Waals surface area contributed by atoms with E-state index in [0.717, 1.165) is 12.8 Å². The van der Waals surface area contributed by atoms with Gasteiger partial charge in [0.2, 0.25) is 10.0 Å². The summed E-state index contributed by atoms with van der Waals surface area (Å²) < 4.78 is 38.5. The van der Waals surface area contributed by atoms with E-state index in [0.29, 0.717) is 16.9 Å². The van der Waals surface area contributed by atoms with E-state index in [9.17, 15) is 18.3 Å². The molecule has 8 heteroatoms. The van der Waals surface area contributed by atoms with Gasteiger partial charge in [0, 0.05) is 6.04 Å². The Bertz CT molecular complexity index is 919. The molecule has 26 heavy (non-hydrogen) atoms. The summed E-state index contributed by atoms with van der Waals surface area (Å²) >= 11 is 0. The molecule has 0 bridgehead atoms. The zero-order valence-electron chi connectivity index (χ0n) is 14.9. The van der Waals surface area contributed by atoms with Gasteiger partial charge in [-0.3, -0.25) is 0 Å². The van der Waals surface area contributed by atoms with Crippen molar-refractivity contribution in [2.24, 2.45) is 0 Å². The number of aromatic carboxylic acids is 1. The molecule has 0 saturated heterocycles. The molecule has 140 valence electrons. The fourth-order valence-electron chi connectivity index (χ4n) is 3.12. The van der Waals surface area contributed by atoms with Gasteiger partial charge >= 0.3 is 5.97 Å². The predicted molar refractivity (Wildman–Crippen MR) is 93.9 cm³/mol. The Morgan fingerprint density at radius 3 is 2.42 bits per heavy atom. The monoisotopic (exact) mass is 379 g/mol. The molecule has 1 N–H and O–H groups in total. The minimum Gasteiger partial charge on any atom is -0.497 e. The number of benzene rings is 1. The topological polar surface area (TPSA) is 97.1 Å². The Balaban J connectivity index is 2.03. The molecule has 0 radical (unpaired) electrons. The molecule has 1 saturated carbocycles. The molecule has 0 unspecified atom stereocenters. The van der Waals surface area contributed by atoms with E-state index in [1.54, 1.807) is 26.0 Å². The summed E-state index contributed by atoms with van der Waals surface area (Å²) in [4.78, 5) is 11.5. The van der Waals surface area contributed by atoms with Crippen molar-refractivity contribution in [1.82, 2.24) is 4.31 Å². The first-order valence-electron chi connectivity index (χ1n) is 8.22. The number of hydrogen-bond donors (Lipinski definition) is 1. The minimum atomic E-state index is -3.82. The SMILES string of the molecule is COc1cc(C)c(S(=O)(=O)N(Cc2occc2C(=O)O)C2CC2)c(C)c1. The van der Waals surface area contributed by atoms with Crippen LogP contribution in [-0.4, -0.2) is 37.0 Å². The highest BCUT2D eigenvalue weighted by Gasteiger charge is 2.40. The van der Waals surface area contributed by atoms with E-state index >= 15 is 0 Å². The maximum Gasteiger partial charge on any atom is 0.339 e. The number of carboxylic acid groups (broad SMARTS) is 1. The lowest BCUT2D eigenvalue weighted by Crippen LogP contribution is -2.34. The van der Waals surface area contributed by atoms with Crippen LogP contribution in [0.5, 0.6) is 5.75 Å². The average molecular weight is 379 g/mol. The van der Waals surface area contributed by atoms with Crippen LogP contribution in [0.4, 0.5) is 0 Å². The number of hydrogen-bond acceptors (Lipinski definition) is 5. The summed E-state index contributed by atoms with van der Waals surface area (Å²) in [7, 11) is -2.29. The molecular weight excluding hydrogens is 358 g/mol. The van der Waals surface area contributed by atoms with E-state index in [2.05, 4.69) is 0 Å². The standard InChI is InChI=1S/C18H21NO6S/c1-11-8-14(24-3)9-12(2)17(11)26(22,23)19(13-4-5-13)10-16-15(18(20)21)6-7-25-16/h6-9,13H,4-5,10H2,1-3H3,(H,20,21). The molecule has 7 nitrogen and oxygen atoms in total. The molecular formula is C18H21NO6S. The summed E-state index contributed by atoms with van der Waals surface area (Å²) in [5, 5.41) is 9.25. The highest BCUT2D eigenvalue weighted by atomic mass is 32.2. The molecule has 1 aromatic heterocycles. The molecule has 0 atom stereocenters. The van der Waals surface area contributed by atoms with Crippen LogP contribution in [0.15, 0.2) is 33.8 Å². The molecule has 1 fully saturated rings. The maximum atomic E-state index is 13.4. The van der Waals surface area contributed by atoms with Gasteiger partial charge in [-0.2, -0.15) is 4.31 Å². The first-order valence-corrected chi connectivity index (χ1v) is 9.66. The number of rotatable bonds is 7. The Kier molecular flexibility index (Phi) is 4.81. The van der Waals surface area contributed by atoms with Gasteiger partial charge in [0.15, 0.2) is 0 Å². The van der Waals surface area contributed by atoms with Crippen molar-refractivity contribution in [3.63, 3.8) is 0 Å². The van der Waals surface area contributed by atoms with Crippen molar-refractivity contribution in [2.75, 3.05) is 7.11 Å². The van der Waals surface area contributed by atoms with Crippen LogP contribution in [0.2, 0.25) is 0 Å². The Hall–Kier alpha value is -2.32. The predicted octanol–water partition coefficient (Wildman–Crippen LogP) is 2.96. The zero-order chi connectivity index (χ0) is 19.1. The second-order valence-corrected chi connectivity index (χ2v) is 8.26. The number of carboxylic acids is 1. The first kappa shape index (κ1) is 18.5. The van der Waals surface area contributed by atoms with Crippen molar-refractivity contribution < 1.29 is 27.5 Å². The zero-order valence-corrected chi connectivity index (χ0v) is 15.7. The number of furan rings is 1. The van der Waals surface area contributed by atoms with Gasteiger partial charge in [0.05, 0.1) is 24.8 Å². The van der Waals surface area contributed by atoms with E-state index < -0.39 is 16.0 Å². The van der Waals surface area contributed by atoms with Crippen LogP contribution in [0.3, 0.4) is 0 Å². The summed E-state index contributed by atoms with van der Waals surface area (Å²) in [6.45, 7) is 3.35. The molecule has 1 heterocycles. The van der Waals surface area contributed by atoms with Crippen LogP contribution in [-0.2, 0) is 16.6 Å². The lowest BCUT2D eigenvalue weighted by Gasteiger charge is -2.23. The van der Waals surface area contributed by atoms with Gasteiger partial charge in [0.25, 0.3) is 0 Å². The number of ether oxygens (including phenoxy) is 1. The maximum absolute atomic E-state index is 13.4. The fourth-order valence-corrected chi connectivity index (χ4v) is 5.18. The summed E-state index contributed by atoms with van der Waals surface area (Å²) in [6.07, 6.45) is 2.76. The lowest BCUT2D eigenvalue weighted by molar-refractivity contribution is 0.0693. The largest absolute Gasteiger partial charge is 0.497 e. The molecule has 2 aromatic rings. The van der Waals surface area contributed by atoms with E-state index in [1.807, 2.05) is 0 Å². The number of sulfonamides is 1. The number of nitrogens with zero attached hydrogens (tertiary/aromatic N) is 1. The van der Waals surface area contributed by atoms with Crippen molar-refractivity contribution in [2.45, 2.75) is 44.2 Å². The molecule has 1 aromatic carbocycles. The lowest BCUT2D eigenvalue weighted by atomic mass is 10.1. The third kappa shape index (κ3) is 3.34. The Labute approximate surface area is 152 Å². The summed E-state index contributed by atoms with van der Waals surface area (Å²) in [5.41, 5.74) is 1.16. The molecule has 3 rings (SSSR count). The molecule has 0 aliphatic heterocycles. The van der Waals surface area contributed by atoms with E-state index in [-0.39, 0.29) is 28.8 Å².